The van der Waals surface area contributed by atoms with E-state index in [-0.39, 0.29) is 18.9 Å². The third-order valence-electron chi connectivity index (χ3n) is 5.97. The van der Waals surface area contributed by atoms with Gasteiger partial charge in [-0.15, -0.1) is 0 Å². The third kappa shape index (κ3) is 6.44. The van der Waals surface area contributed by atoms with Crippen LogP contribution in [-0.4, -0.2) is 44.8 Å². The molecule has 0 saturated heterocycles. The van der Waals surface area contributed by atoms with Crippen LogP contribution in [0.4, 0.5) is 13.2 Å². The Morgan fingerprint density at radius 2 is 1.85 bits per heavy atom. The Morgan fingerprint density at radius 1 is 1.06 bits per heavy atom. The fourth-order valence-corrected chi connectivity index (χ4v) is 4.24. The molecule has 3 aromatic rings. The highest BCUT2D eigenvalue weighted by Crippen LogP contribution is 2.26. The van der Waals surface area contributed by atoms with Crippen molar-refractivity contribution in [2.24, 2.45) is 0 Å². The maximum Gasteiger partial charge on any atom is 0.389 e. The van der Waals surface area contributed by atoms with E-state index in [2.05, 4.69) is 27.5 Å². The number of hydrogen-bond donors (Lipinski definition) is 1. The molecule has 6 nitrogen and oxygen atoms in total. The fourth-order valence-electron chi connectivity index (χ4n) is 4.24. The Hall–Kier alpha value is -3.20. The predicted molar refractivity (Wildman–Crippen MR) is 122 cm³/mol. The number of hydrogen-bond acceptors (Lipinski definition) is 4. The molecular weight excluding hydrogens is 443 g/mol. The Bertz CT molecular complexity index is 1080. The number of pyridine rings is 1. The Kier molecular flexibility index (Phi) is 7.62. The molecule has 1 aliphatic rings. The van der Waals surface area contributed by atoms with Gasteiger partial charge in [-0.3, -0.25) is 19.4 Å². The number of carbonyl (C=O) groups is 1. The zero-order valence-electron chi connectivity index (χ0n) is 18.9. The second kappa shape index (κ2) is 10.8. The molecule has 1 N–H and O–H groups in total. The van der Waals surface area contributed by atoms with Crippen molar-refractivity contribution >= 4 is 5.91 Å². The lowest BCUT2D eigenvalue weighted by Crippen LogP contribution is -2.34. The van der Waals surface area contributed by atoms with Gasteiger partial charge in [-0.1, -0.05) is 36.4 Å². The number of rotatable bonds is 9. The average Bonchev–Trinajstić information content (AvgIpc) is 3.20. The minimum atomic E-state index is -4.15. The van der Waals surface area contributed by atoms with Crippen LogP contribution >= 0.6 is 0 Å². The van der Waals surface area contributed by atoms with Crippen molar-refractivity contribution < 1.29 is 18.0 Å². The lowest BCUT2D eigenvalue weighted by atomic mass is 10.0. The van der Waals surface area contributed by atoms with Crippen molar-refractivity contribution in [2.45, 2.75) is 51.5 Å². The van der Waals surface area contributed by atoms with Crippen LogP contribution < -0.4 is 5.32 Å². The number of aryl methyl sites for hydroxylation is 2. The van der Waals surface area contributed by atoms with Crippen molar-refractivity contribution in [3.63, 3.8) is 0 Å². The minimum Gasteiger partial charge on any atom is -0.345 e. The summed E-state index contributed by atoms with van der Waals surface area (Å²) < 4.78 is 39.6. The van der Waals surface area contributed by atoms with Gasteiger partial charge in [-0.05, 0) is 37.1 Å². The molecule has 0 radical (unpaired) electrons. The summed E-state index contributed by atoms with van der Waals surface area (Å²) in [7, 11) is 0. The number of nitrogens with one attached hydrogen (secondary N) is 1. The van der Waals surface area contributed by atoms with E-state index < -0.39 is 12.6 Å². The molecule has 3 heterocycles. The topological polar surface area (TPSA) is 63.1 Å². The molecule has 2 aromatic heterocycles. The van der Waals surface area contributed by atoms with E-state index >= 15 is 0 Å². The Balaban J connectivity index is 1.49. The molecule has 0 aliphatic carbocycles. The van der Waals surface area contributed by atoms with Crippen LogP contribution in [0.25, 0.3) is 0 Å². The van der Waals surface area contributed by atoms with Gasteiger partial charge in [0.25, 0.3) is 5.91 Å². The van der Waals surface area contributed by atoms with Crippen LogP contribution in [0.3, 0.4) is 0 Å². The quantitative estimate of drug-likeness (QED) is 0.509. The van der Waals surface area contributed by atoms with E-state index in [1.54, 1.807) is 6.20 Å². The number of nitrogens with zero attached hydrogens (tertiary/aromatic N) is 4. The molecule has 1 aliphatic heterocycles. The van der Waals surface area contributed by atoms with E-state index in [9.17, 15) is 18.0 Å². The number of halogens is 3. The minimum absolute atomic E-state index is 0.0438. The number of fused-ring (bicyclic) bond motifs is 1. The summed E-state index contributed by atoms with van der Waals surface area (Å²) in [6.07, 6.45) is -1.82. The molecule has 34 heavy (non-hydrogen) atoms. The second-order valence-corrected chi connectivity index (χ2v) is 8.48. The van der Waals surface area contributed by atoms with Gasteiger partial charge < -0.3 is 5.32 Å². The van der Waals surface area contributed by atoms with E-state index in [1.165, 1.54) is 5.56 Å². The summed E-state index contributed by atoms with van der Waals surface area (Å²) in [5, 5.41) is 7.54. The van der Waals surface area contributed by atoms with E-state index in [0.29, 0.717) is 38.3 Å². The summed E-state index contributed by atoms with van der Waals surface area (Å²) in [5.74, 6) is -0.294. The first-order valence-electron chi connectivity index (χ1n) is 11.5. The Labute approximate surface area is 196 Å². The maximum atomic E-state index is 13.0. The first-order chi connectivity index (χ1) is 16.4. The van der Waals surface area contributed by atoms with E-state index in [1.807, 2.05) is 46.0 Å². The molecule has 0 atom stereocenters. The van der Waals surface area contributed by atoms with Crippen LogP contribution in [0.5, 0.6) is 0 Å². The average molecular weight is 472 g/mol. The molecule has 9 heteroatoms. The van der Waals surface area contributed by atoms with Gasteiger partial charge in [-0.2, -0.15) is 18.3 Å². The van der Waals surface area contributed by atoms with E-state index in [4.69, 9.17) is 0 Å². The van der Waals surface area contributed by atoms with Gasteiger partial charge in [0.2, 0.25) is 0 Å². The molecule has 0 bridgehead atoms. The lowest BCUT2D eigenvalue weighted by molar-refractivity contribution is -0.136. The highest BCUT2D eigenvalue weighted by Gasteiger charge is 2.30. The van der Waals surface area contributed by atoms with E-state index in [0.717, 1.165) is 23.4 Å². The lowest BCUT2D eigenvalue weighted by Gasteiger charge is -2.27. The highest BCUT2D eigenvalue weighted by atomic mass is 19.4. The van der Waals surface area contributed by atoms with Gasteiger partial charge in [0, 0.05) is 49.9 Å². The van der Waals surface area contributed by atoms with Gasteiger partial charge >= 0.3 is 6.18 Å². The van der Waals surface area contributed by atoms with Gasteiger partial charge in [0.05, 0.1) is 12.2 Å². The molecular formula is C25H28F3N5O. The summed E-state index contributed by atoms with van der Waals surface area (Å²) >= 11 is 0. The highest BCUT2D eigenvalue weighted by molar-refractivity contribution is 5.94. The number of amides is 1. The molecule has 0 unspecified atom stereocenters. The number of alkyl halides is 3. The van der Waals surface area contributed by atoms with Gasteiger partial charge in [-0.25, -0.2) is 0 Å². The molecule has 0 fully saturated rings. The monoisotopic (exact) mass is 471 g/mol. The molecule has 1 amide bonds. The third-order valence-corrected chi connectivity index (χ3v) is 5.97. The smallest absolute Gasteiger partial charge is 0.345 e. The molecule has 4 rings (SSSR count). The SMILES string of the molecule is O=C(NCc1ccccn1)c1nn(CCc2ccccc2)c2c1CN(CCCC(F)(F)F)CC2. The summed E-state index contributed by atoms with van der Waals surface area (Å²) in [4.78, 5) is 19.3. The number of carbonyl (C=O) groups excluding carboxylic acids is 1. The maximum absolute atomic E-state index is 13.0. The van der Waals surface area contributed by atoms with Gasteiger partial charge in [0.15, 0.2) is 5.69 Å². The van der Waals surface area contributed by atoms with Crippen LogP contribution in [-0.2, 0) is 32.5 Å². The van der Waals surface area contributed by atoms with Crippen LogP contribution in [0, 0.1) is 0 Å². The first-order valence-corrected chi connectivity index (χ1v) is 11.5. The standard InChI is InChI=1S/C25H28F3N5O/c26-25(27,28)12-6-14-32-15-11-22-21(18-32)23(24(34)30-17-20-9-4-5-13-29-20)31-33(22)16-10-19-7-2-1-3-8-19/h1-5,7-9,13H,6,10-12,14-18H2,(H,30,34). The van der Waals surface area contributed by atoms with Crippen molar-refractivity contribution in [3.8, 4) is 0 Å². The molecule has 0 saturated carbocycles. The number of aromatic nitrogens is 3. The fraction of sp³-hybridized carbons (Fsp3) is 0.400. The van der Waals surface area contributed by atoms with Crippen molar-refractivity contribution in [2.75, 3.05) is 13.1 Å². The van der Waals surface area contributed by atoms with Crippen molar-refractivity contribution in [1.82, 2.24) is 25.0 Å². The molecule has 1 aromatic carbocycles. The van der Waals surface area contributed by atoms with Crippen molar-refractivity contribution in [1.29, 1.82) is 0 Å². The van der Waals surface area contributed by atoms with Crippen LogP contribution in [0.2, 0.25) is 0 Å². The predicted octanol–water partition coefficient (Wildman–Crippen LogP) is 4.15. The zero-order chi connectivity index (χ0) is 24.0. The van der Waals surface area contributed by atoms with Crippen LogP contribution in [0.15, 0.2) is 54.7 Å². The van der Waals surface area contributed by atoms with Crippen LogP contribution in [0.1, 0.15) is 45.8 Å². The largest absolute Gasteiger partial charge is 0.389 e. The Morgan fingerprint density at radius 3 is 2.59 bits per heavy atom. The normalized spacial score (nSPS) is 14.1. The summed E-state index contributed by atoms with van der Waals surface area (Å²) in [6.45, 7) is 2.32. The second-order valence-electron chi connectivity index (χ2n) is 8.48. The number of benzene rings is 1. The summed E-state index contributed by atoms with van der Waals surface area (Å²) in [6, 6.07) is 15.5. The first kappa shape index (κ1) is 23.9. The van der Waals surface area contributed by atoms with Gasteiger partial charge in [0.1, 0.15) is 0 Å². The summed E-state index contributed by atoms with van der Waals surface area (Å²) in [5.41, 5.74) is 4.06. The van der Waals surface area contributed by atoms with Crippen molar-refractivity contribution in [3.05, 3.63) is 82.9 Å². The molecule has 180 valence electrons. The molecule has 0 spiro atoms. The zero-order valence-corrected chi connectivity index (χ0v) is 18.9.